The number of piperidine rings is 1. The molecule has 6 heteroatoms. The molecule has 2 aliphatic rings. The maximum atomic E-state index is 12.9. The van der Waals surface area contributed by atoms with E-state index in [1.807, 2.05) is 17.0 Å². The number of amides is 2. The summed E-state index contributed by atoms with van der Waals surface area (Å²) in [6.45, 7) is 3.51. The molecule has 0 atom stereocenters. The Bertz CT molecular complexity index is 1090. The van der Waals surface area contributed by atoms with Gasteiger partial charge in [-0.05, 0) is 61.2 Å². The molecule has 3 aromatic rings. The number of likely N-dealkylation sites (tertiary alicyclic amines) is 1. The van der Waals surface area contributed by atoms with Gasteiger partial charge < -0.3 is 15.2 Å². The van der Waals surface area contributed by atoms with E-state index in [0.717, 1.165) is 41.0 Å². The van der Waals surface area contributed by atoms with Gasteiger partial charge in [-0.3, -0.25) is 9.59 Å². The Hall–Kier alpha value is -3.15. The number of anilines is 1. The van der Waals surface area contributed by atoms with Crippen molar-refractivity contribution in [3.63, 3.8) is 0 Å². The van der Waals surface area contributed by atoms with Crippen LogP contribution in [0.3, 0.4) is 0 Å². The topological polar surface area (TPSA) is 78.1 Å². The van der Waals surface area contributed by atoms with E-state index in [-0.39, 0.29) is 11.8 Å². The third-order valence-electron chi connectivity index (χ3n) is 5.80. The predicted octanol–water partition coefficient (Wildman–Crippen LogP) is 3.39. The van der Waals surface area contributed by atoms with Crippen LogP contribution >= 0.6 is 0 Å². The van der Waals surface area contributed by atoms with Crippen molar-refractivity contribution < 1.29 is 9.59 Å². The van der Waals surface area contributed by atoms with Crippen molar-refractivity contribution in [1.29, 1.82) is 0 Å². The maximum absolute atomic E-state index is 12.9. The molecule has 6 nitrogen and oxygen atoms in total. The van der Waals surface area contributed by atoms with Gasteiger partial charge in [-0.2, -0.15) is 0 Å². The van der Waals surface area contributed by atoms with Crippen molar-refractivity contribution >= 4 is 28.5 Å². The van der Waals surface area contributed by atoms with Crippen LogP contribution in [-0.2, 0) is 11.2 Å². The maximum Gasteiger partial charge on any atom is 0.253 e. The monoisotopic (exact) mass is 374 g/mol. The summed E-state index contributed by atoms with van der Waals surface area (Å²) >= 11 is 0. The summed E-state index contributed by atoms with van der Waals surface area (Å²) in [7, 11) is 0. The smallest absolute Gasteiger partial charge is 0.253 e. The number of carbonyl (C=O) groups excluding carboxylic acids is 2. The minimum absolute atomic E-state index is 0.0126. The second kappa shape index (κ2) is 6.48. The molecule has 2 amide bonds. The second-order valence-electron chi connectivity index (χ2n) is 7.81. The number of aryl methyl sites for hydroxylation is 1. The van der Waals surface area contributed by atoms with Crippen molar-refractivity contribution in [1.82, 2.24) is 14.9 Å². The van der Waals surface area contributed by atoms with Gasteiger partial charge >= 0.3 is 0 Å². The fourth-order valence-corrected chi connectivity index (χ4v) is 4.24. The number of rotatable bonds is 2. The lowest BCUT2D eigenvalue weighted by Crippen LogP contribution is -2.38. The number of imidazole rings is 1. The van der Waals surface area contributed by atoms with Crippen LogP contribution in [0.4, 0.5) is 5.69 Å². The number of H-pyrrole nitrogens is 1. The van der Waals surface area contributed by atoms with Gasteiger partial charge in [0.25, 0.3) is 5.91 Å². The average Bonchev–Trinajstić information content (AvgIpc) is 3.28. The Balaban J connectivity index is 1.28. The van der Waals surface area contributed by atoms with E-state index in [2.05, 4.69) is 35.4 Å². The van der Waals surface area contributed by atoms with Crippen LogP contribution in [0.15, 0.2) is 36.4 Å². The number of hydrogen-bond donors (Lipinski definition) is 2. The first-order valence-corrected chi connectivity index (χ1v) is 9.75. The van der Waals surface area contributed by atoms with Crippen LogP contribution in [0, 0.1) is 6.92 Å². The number of nitrogens with one attached hydrogen (secondary N) is 2. The predicted molar refractivity (Wildman–Crippen MR) is 107 cm³/mol. The molecule has 1 fully saturated rings. The van der Waals surface area contributed by atoms with Crippen LogP contribution in [0.25, 0.3) is 11.0 Å². The van der Waals surface area contributed by atoms with E-state index in [1.54, 1.807) is 6.07 Å². The van der Waals surface area contributed by atoms with Crippen molar-refractivity contribution in [2.45, 2.75) is 32.1 Å². The van der Waals surface area contributed by atoms with E-state index >= 15 is 0 Å². The zero-order chi connectivity index (χ0) is 19.3. The zero-order valence-corrected chi connectivity index (χ0v) is 15.8. The van der Waals surface area contributed by atoms with Gasteiger partial charge in [0.2, 0.25) is 5.91 Å². The summed E-state index contributed by atoms with van der Waals surface area (Å²) < 4.78 is 0. The standard InChI is InChI=1S/C22H22N4O2/c1-13-2-4-18-19(10-13)25-21(24-18)14-6-8-26(9-7-14)22(28)15-3-5-17-16(11-15)12-20(27)23-17/h2-5,10-11,14H,6-9,12H2,1H3,(H,23,27)(H,24,25). The van der Waals surface area contributed by atoms with Crippen LogP contribution in [0.1, 0.15) is 46.1 Å². The first-order chi connectivity index (χ1) is 13.6. The molecule has 2 aliphatic heterocycles. The summed E-state index contributed by atoms with van der Waals surface area (Å²) in [5.74, 6) is 1.40. The zero-order valence-electron chi connectivity index (χ0n) is 15.8. The van der Waals surface area contributed by atoms with Gasteiger partial charge in [0.15, 0.2) is 0 Å². The molecule has 0 saturated carbocycles. The first kappa shape index (κ1) is 17.0. The number of nitrogens with zero attached hydrogens (tertiary/aromatic N) is 2. The molecule has 2 N–H and O–H groups in total. The number of benzene rings is 2. The highest BCUT2D eigenvalue weighted by atomic mass is 16.2. The van der Waals surface area contributed by atoms with Gasteiger partial charge in [0.1, 0.15) is 5.82 Å². The van der Waals surface area contributed by atoms with Crippen LogP contribution in [0.5, 0.6) is 0 Å². The van der Waals surface area contributed by atoms with E-state index in [1.165, 1.54) is 5.56 Å². The molecule has 0 bridgehead atoms. The summed E-state index contributed by atoms with van der Waals surface area (Å²) in [6, 6.07) is 11.7. The molecule has 142 valence electrons. The molecule has 0 aliphatic carbocycles. The quantitative estimate of drug-likeness (QED) is 0.722. The highest BCUT2D eigenvalue weighted by Crippen LogP contribution is 2.30. The molecule has 1 saturated heterocycles. The first-order valence-electron chi connectivity index (χ1n) is 9.75. The highest BCUT2D eigenvalue weighted by molar-refractivity contribution is 6.01. The Kier molecular flexibility index (Phi) is 3.93. The van der Waals surface area contributed by atoms with E-state index < -0.39 is 0 Å². The summed E-state index contributed by atoms with van der Waals surface area (Å²) in [4.78, 5) is 34.5. The molecule has 0 unspecified atom stereocenters. The number of aromatic nitrogens is 2. The van der Waals surface area contributed by atoms with Crippen LogP contribution in [-0.4, -0.2) is 39.8 Å². The Labute approximate surface area is 163 Å². The van der Waals surface area contributed by atoms with Gasteiger partial charge in [0, 0.05) is 30.3 Å². The molecule has 0 spiro atoms. The minimum atomic E-state index is -0.0126. The van der Waals surface area contributed by atoms with Gasteiger partial charge in [-0.15, -0.1) is 0 Å². The van der Waals surface area contributed by atoms with Gasteiger partial charge in [0.05, 0.1) is 17.5 Å². The Morgan fingerprint density at radius 1 is 1.14 bits per heavy atom. The van der Waals surface area contributed by atoms with Crippen molar-refractivity contribution in [2.24, 2.45) is 0 Å². The molecule has 1 aromatic heterocycles. The molecule has 2 aromatic carbocycles. The number of carbonyl (C=O) groups is 2. The lowest BCUT2D eigenvalue weighted by molar-refractivity contribution is -0.115. The van der Waals surface area contributed by atoms with Crippen LogP contribution in [0.2, 0.25) is 0 Å². The summed E-state index contributed by atoms with van der Waals surface area (Å²) in [5.41, 5.74) is 5.68. The Morgan fingerprint density at radius 2 is 1.96 bits per heavy atom. The SMILES string of the molecule is Cc1ccc2nc(C3CCN(C(=O)c4ccc5c(c4)CC(=O)N5)CC3)[nH]c2c1. The summed E-state index contributed by atoms with van der Waals surface area (Å²) in [6.07, 6.45) is 2.15. The summed E-state index contributed by atoms with van der Waals surface area (Å²) in [5, 5.41) is 2.81. The van der Waals surface area contributed by atoms with Crippen molar-refractivity contribution in [2.75, 3.05) is 18.4 Å². The molecule has 5 rings (SSSR count). The van der Waals surface area contributed by atoms with E-state index in [9.17, 15) is 9.59 Å². The minimum Gasteiger partial charge on any atom is -0.342 e. The largest absolute Gasteiger partial charge is 0.342 e. The molecule has 0 radical (unpaired) electrons. The molecule has 28 heavy (non-hydrogen) atoms. The van der Waals surface area contributed by atoms with E-state index in [4.69, 9.17) is 4.98 Å². The van der Waals surface area contributed by atoms with Crippen molar-refractivity contribution in [3.8, 4) is 0 Å². The Morgan fingerprint density at radius 3 is 2.79 bits per heavy atom. The number of hydrogen-bond acceptors (Lipinski definition) is 3. The lowest BCUT2D eigenvalue weighted by Gasteiger charge is -2.31. The normalized spacial score (nSPS) is 17.0. The fourth-order valence-electron chi connectivity index (χ4n) is 4.24. The fraction of sp³-hybridized carbons (Fsp3) is 0.318. The average molecular weight is 374 g/mol. The van der Waals surface area contributed by atoms with Gasteiger partial charge in [-0.25, -0.2) is 4.98 Å². The third kappa shape index (κ3) is 2.95. The lowest BCUT2D eigenvalue weighted by atomic mass is 9.95. The van der Waals surface area contributed by atoms with Gasteiger partial charge in [-0.1, -0.05) is 6.07 Å². The third-order valence-corrected chi connectivity index (χ3v) is 5.80. The van der Waals surface area contributed by atoms with E-state index in [0.29, 0.717) is 31.0 Å². The molecular formula is C22H22N4O2. The number of fused-ring (bicyclic) bond motifs is 2. The second-order valence-corrected chi connectivity index (χ2v) is 7.81. The molecular weight excluding hydrogens is 352 g/mol. The molecule has 3 heterocycles. The van der Waals surface area contributed by atoms with Crippen LogP contribution < -0.4 is 5.32 Å². The van der Waals surface area contributed by atoms with Crippen molar-refractivity contribution in [3.05, 3.63) is 58.9 Å². The highest BCUT2D eigenvalue weighted by Gasteiger charge is 2.27. The number of aromatic amines is 1.